The topological polar surface area (TPSA) is 66.5 Å². The van der Waals surface area contributed by atoms with Crippen molar-refractivity contribution in [2.24, 2.45) is 20.2 Å². The molecule has 2 rings (SSSR count). The maximum atomic E-state index is 11.5. The van der Waals surface area contributed by atoms with Gasteiger partial charge in [-0.15, -0.1) is 5.11 Å². The van der Waals surface area contributed by atoms with Gasteiger partial charge in [0.1, 0.15) is 11.9 Å². The third kappa shape index (κ3) is 1.91. The standard InChI is InChI=1S/C10H12N4O/c1-2-3-4-5-7-8-9(14-13-7)11-6-12-10(8)15/h6H,2-5H2,1H3. The smallest absolute Gasteiger partial charge is 0.266 e. The van der Waals surface area contributed by atoms with Crippen molar-refractivity contribution in [3.8, 4) is 0 Å². The molecule has 0 aromatic heterocycles. The van der Waals surface area contributed by atoms with Gasteiger partial charge >= 0.3 is 0 Å². The lowest BCUT2D eigenvalue weighted by atomic mass is 10.1. The van der Waals surface area contributed by atoms with Crippen LogP contribution in [0.1, 0.15) is 32.6 Å². The number of amidine groups is 1. The van der Waals surface area contributed by atoms with Crippen LogP contribution < -0.4 is 0 Å². The minimum Gasteiger partial charge on any atom is -0.266 e. The highest BCUT2D eigenvalue weighted by molar-refractivity contribution is 6.27. The molecule has 0 N–H and O–H groups in total. The van der Waals surface area contributed by atoms with Crippen LogP contribution in [0.25, 0.3) is 0 Å². The molecule has 0 radical (unpaired) electrons. The lowest BCUT2D eigenvalue weighted by Gasteiger charge is -2.02. The third-order valence-corrected chi connectivity index (χ3v) is 2.36. The highest BCUT2D eigenvalue weighted by atomic mass is 16.1. The second-order valence-corrected chi connectivity index (χ2v) is 3.48. The van der Waals surface area contributed by atoms with E-state index in [-0.39, 0.29) is 5.91 Å². The molecule has 0 bridgehead atoms. The maximum Gasteiger partial charge on any atom is 0.284 e. The summed E-state index contributed by atoms with van der Waals surface area (Å²) in [7, 11) is 0. The molecule has 78 valence electrons. The Kier molecular flexibility index (Phi) is 2.80. The van der Waals surface area contributed by atoms with E-state index in [9.17, 15) is 4.79 Å². The van der Waals surface area contributed by atoms with Crippen LogP contribution >= 0.6 is 0 Å². The molecule has 1 amide bonds. The van der Waals surface area contributed by atoms with Crippen LogP contribution in [-0.2, 0) is 4.79 Å². The minimum atomic E-state index is -0.267. The van der Waals surface area contributed by atoms with Crippen molar-refractivity contribution in [2.45, 2.75) is 32.6 Å². The number of rotatable bonds is 4. The first kappa shape index (κ1) is 9.89. The van der Waals surface area contributed by atoms with Gasteiger partial charge in [-0.05, 0) is 12.8 Å². The summed E-state index contributed by atoms with van der Waals surface area (Å²) in [5, 5.41) is 7.83. The average molecular weight is 204 g/mol. The molecule has 0 saturated carbocycles. The first-order valence-electron chi connectivity index (χ1n) is 5.13. The lowest BCUT2D eigenvalue weighted by Crippen LogP contribution is -2.12. The summed E-state index contributed by atoms with van der Waals surface area (Å²) in [5.41, 5.74) is 1.23. The van der Waals surface area contributed by atoms with Crippen LogP contribution in [0, 0.1) is 0 Å². The van der Waals surface area contributed by atoms with Crippen LogP contribution in [-0.4, -0.2) is 18.1 Å². The van der Waals surface area contributed by atoms with E-state index in [1.807, 2.05) is 0 Å². The van der Waals surface area contributed by atoms with Crippen molar-refractivity contribution < 1.29 is 4.79 Å². The molecule has 15 heavy (non-hydrogen) atoms. The second-order valence-electron chi connectivity index (χ2n) is 3.48. The van der Waals surface area contributed by atoms with Gasteiger partial charge in [-0.3, -0.25) is 4.79 Å². The van der Waals surface area contributed by atoms with E-state index in [0.29, 0.717) is 11.4 Å². The van der Waals surface area contributed by atoms with Gasteiger partial charge in [0.2, 0.25) is 0 Å². The molecule has 0 aromatic rings. The largest absolute Gasteiger partial charge is 0.284 e. The number of carbonyl (C=O) groups is 1. The third-order valence-electron chi connectivity index (χ3n) is 2.36. The Hall–Kier alpha value is -1.65. The molecule has 5 nitrogen and oxygen atoms in total. The van der Waals surface area contributed by atoms with E-state index in [4.69, 9.17) is 0 Å². The zero-order valence-corrected chi connectivity index (χ0v) is 8.60. The average Bonchev–Trinajstić information content (AvgIpc) is 2.63. The van der Waals surface area contributed by atoms with Crippen LogP contribution in [0.3, 0.4) is 0 Å². The number of amides is 1. The fourth-order valence-corrected chi connectivity index (χ4v) is 1.56. The Balaban J connectivity index is 2.14. The molecule has 0 aromatic carbocycles. The summed E-state index contributed by atoms with van der Waals surface area (Å²) in [6.07, 6.45) is 5.32. The predicted octanol–water partition coefficient (Wildman–Crippen LogP) is 2.25. The van der Waals surface area contributed by atoms with E-state index in [2.05, 4.69) is 27.1 Å². The first-order valence-corrected chi connectivity index (χ1v) is 5.13. The molecule has 0 fully saturated rings. The van der Waals surface area contributed by atoms with Gasteiger partial charge in [-0.1, -0.05) is 19.8 Å². The molecule has 2 heterocycles. The normalized spacial score (nSPS) is 18.5. The number of allylic oxidation sites excluding steroid dienone is 1. The molecular formula is C10H12N4O. The summed E-state index contributed by atoms with van der Waals surface area (Å²) >= 11 is 0. The van der Waals surface area contributed by atoms with Gasteiger partial charge in [-0.2, -0.15) is 10.1 Å². The summed E-state index contributed by atoms with van der Waals surface area (Å²) in [6.45, 7) is 2.14. The lowest BCUT2D eigenvalue weighted by molar-refractivity contribution is -0.113. The molecule has 2 aliphatic rings. The summed E-state index contributed by atoms with van der Waals surface area (Å²) in [6, 6.07) is 0. The zero-order valence-electron chi connectivity index (χ0n) is 8.60. The Morgan fingerprint density at radius 2 is 2.13 bits per heavy atom. The van der Waals surface area contributed by atoms with Crippen molar-refractivity contribution in [3.05, 3.63) is 11.3 Å². The number of hydrogen-bond acceptors (Lipinski definition) is 4. The van der Waals surface area contributed by atoms with Gasteiger partial charge in [0.15, 0.2) is 5.84 Å². The highest BCUT2D eigenvalue weighted by Gasteiger charge is 2.27. The Bertz CT molecular complexity index is 404. The molecule has 0 saturated heterocycles. The summed E-state index contributed by atoms with van der Waals surface area (Å²) in [4.78, 5) is 19.0. The molecule has 2 aliphatic heterocycles. The molecule has 0 atom stereocenters. The van der Waals surface area contributed by atoms with Crippen LogP contribution in [0.5, 0.6) is 0 Å². The maximum absolute atomic E-state index is 11.5. The van der Waals surface area contributed by atoms with Gasteiger partial charge in [0, 0.05) is 0 Å². The Morgan fingerprint density at radius 1 is 1.27 bits per heavy atom. The highest BCUT2D eigenvalue weighted by Crippen LogP contribution is 2.25. The van der Waals surface area contributed by atoms with Gasteiger partial charge in [-0.25, -0.2) is 4.99 Å². The number of unbranched alkanes of at least 4 members (excludes halogenated alkanes) is 2. The van der Waals surface area contributed by atoms with E-state index >= 15 is 0 Å². The number of nitrogens with zero attached hydrogens (tertiary/aromatic N) is 4. The van der Waals surface area contributed by atoms with Gasteiger partial charge < -0.3 is 0 Å². The Labute approximate surface area is 87.7 Å². The van der Waals surface area contributed by atoms with Gasteiger partial charge in [0.25, 0.3) is 5.91 Å². The number of fused-ring (bicyclic) bond motifs is 1. The van der Waals surface area contributed by atoms with Gasteiger partial charge in [0.05, 0.1) is 5.70 Å². The fourth-order valence-electron chi connectivity index (χ4n) is 1.56. The van der Waals surface area contributed by atoms with Crippen molar-refractivity contribution in [2.75, 3.05) is 0 Å². The number of carbonyl (C=O) groups excluding carboxylic acids is 1. The minimum absolute atomic E-state index is 0.267. The van der Waals surface area contributed by atoms with Crippen molar-refractivity contribution >= 4 is 18.1 Å². The van der Waals surface area contributed by atoms with E-state index in [1.165, 1.54) is 6.34 Å². The van der Waals surface area contributed by atoms with Crippen LogP contribution in [0.4, 0.5) is 0 Å². The number of azo groups is 1. The SMILES string of the molecule is CCCCCC1=C2C(=O)N=CN=C2N=N1. The monoisotopic (exact) mass is 204 g/mol. The predicted molar refractivity (Wildman–Crippen MR) is 57.0 cm³/mol. The van der Waals surface area contributed by atoms with Crippen molar-refractivity contribution in [1.29, 1.82) is 0 Å². The summed E-state index contributed by atoms with van der Waals surface area (Å²) in [5.74, 6) is 0.151. The second kappa shape index (κ2) is 4.25. The quantitative estimate of drug-likeness (QED) is 0.647. The number of aliphatic imine (C=N–C) groups is 2. The molecular weight excluding hydrogens is 192 g/mol. The van der Waals surface area contributed by atoms with E-state index in [1.54, 1.807) is 0 Å². The number of hydrogen-bond donors (Lipinski definition) is 0. The molecule has 0 spiro atoms. The van der Waals surface area contributed by atoms with Crippen molar-refractivity contribution in [3.63, 3.8) is 0 Å². The van der Waals surface area contributed by atoms with Crippen LogP contribution in [0.2, 0.25) is 0 Å². The zero-order chi connectivity index (χ0) is 10.7. The van der Waals surface area contributed by atoms with Crippen molar-refractivity contribution in [1.82, 2.24) is 0 Å². The Morgan fingerprint density at radius 3 is 2.93 bits per heavy atom. The molecule has 0 aliphatic carbocycles. The van der Waals surface area contributed by atoms with E-state index < -0.39 is 0 Å². The summed E-state index contributed by atoms with van der Waals surface area (Å²) < 4.78 is 0. The molecule has 5 heteroatoms. The molecule has 0 unspecified atom stereocenters. The fraction of sp³-hybridized carbons (Fsp3) is 0.500. The van der Waals surface area contributed by atoms with Crippen LogP contribution in [0.15, 0.2) is 31.5 Å². The van der Waals surface area contributed by atoms with E-state index in [0.717, 1.165) is 31.4 Å². The first-order chi connectivity index (χ1) is 7.33.